The normalized spacial score (nSPS) is 24.8. The molecular formula is C16H16O5. The maximum atomic E-state index is 12.0. The van der Waals surface area contributed by atoms with Crippen LogP contribution in [0.4, 0.5) is 0 Å². The molecule has 0 N–H and O–H groups in total. The van der Waals surface area contributed by atoms with Crippen molar-refractivity contribution in [1.29, 1.82) is 0 Å². The van der Waals surface area contributed by atoms with E-state index in [0.717, 1.165) is 5.56 Å². The van der Waals surface area contributed by atoms with Crippen LogP contribution in [0, 0.1) is 5.92 Å². The molecule has 1 aromatic rings. The van der Waals surface area contributed by atoms with Gasteiger partial charge in [0.25, 0.3) is 0 Å². The number of ether oxygens (including phenoxy) is 2. The van der Waals surface area contributed by atoms with Gasteiger partial charge in [-0.25, -0.2) is 0 Å². The van der Waals surface area contributed by atoms with Crippen LogP contribution in [0.25, 0.3) is 0 Å². The van der Waals surface area contributed by atoms with E-state index in [1.165, 1.54) is 6.92 Å². The lowest BCUT2D eigenvalue weighted by atomic mass is 9.75. The largest absolute Gasteiger partial charge is 0.486 e. The molecule has 1 aliphatic carbocycles. The van der Waals surface area contributed by atoms with Gasteiger partial charge in [0.2, 0.25) is 0 Å². The summed E-state index contributed by atoms with van der Waals surface area (Å²) >= 11 is 0. The first kappa shape index (κ1) is 13.8. The van der Waals surface area contributed by atoms with Crippen LogP contribution in [-0.4, -0.2) is 30.6 Å². The number of benzene rings is 1. The maximum absolute atomic E-state index is 12.0. The highest BCUT2D eigenvalue weighted by Gasteiger charge is 2.38. The summed E-state index contributed by atoms with van der Waals surface area (Å²) in [6.07, 6.45) is 0.436. The van der Waals surface area contributed by atoms with Crippen molar-refractivity contribution in [1.82, 2.24) is 0 Å². The Morgan fingerprint density at radius 3 is 2.29 bits per heavy atom. The second kappa shape index (κ2) is 5.31. The molecule has 5 heteroatoms. The standard InChI is InChI=1S/C16H16O5/c1-9(17)16-12(18)6-11(7-13(16)19)10-2-3-14-15(8-10)21-5-4-20-14/h2-3,8,11,16H,4-7H2,1H3. The lowest BCUT2D eigenvalue weighted by Gasteiger charge is -2.26. The van der Waals surface area contributed by atoms with Crippen molar-refractivity contribution in [3.63, 3.8) is 0 Å². The highest BCUT2D eigenvalue weighted by Crippen LogP contribution is 2.37. The molecule has 1 fully saturated rings. The molecule has 0 spiro atoms. The van der Waals surface area contributed by atoms with Crippen molar-refractivity contribution in [3.8, 4) is 11.5 Å². The number of fused-ring (bicyclic) bond motifs is 1. The highest BCUT2D eigenvalue weighted by atomic mass is 16.6. The second-order valence-corrected chi connectivity index (χ2v) is 5.48. The molecule has 0 radical (unpaired) electrons. The Labute approximate surface area is 122 Å². The number of Topliss-reactive ketones (excluding diaryl/α,β-unsaturated/α-hetero) is 3. The minimum absolute atomic E-state index is 0.184. The van der Waals surface area contributed by atoms with Gasteiger partial charge < -0.3 is 9.47 Å². The zero-order valence-corrected chi connectivity index (χ0v) is 11.8. The SMILES string of the molecule is CC(=O)C1C(=O)CC(c2ccc3c(c2)OCCO3)CC1=O. The molecule has 0 bridgehead atoms. The zero-order chi connectivity index (χ0) is 15.0. The van der Waals surface area contributed by atoms with E-state index in [4.69, 9.17) is 9.47 Å². The molecule has 1 saturated carbocycles. The van der Waals surface area contributed by atoms with E-state index in [2.05, 4.69) is 0 Å². The Bertz CT molecular complexity index is 601. The van der Waals surface area contributed by atoms with Crippen LogP contribution < -0.4 is 9.47 Å². The molecule has 21 heavy (non-hydrogen) atoms. The number of carbonyl (C=O) groups excluding carboxylic acids is 3. The monoisotopic (exact) mass is 288 g/mol. The van der Waals surface area contributed by atoms with Crippen LogP contribution in [0.2, 0.25) is 0 Å². The average Bonchev–Trinajstić information content (AvgIpc) is 2.45. The summed E-state index contributed by atoms with van der Waals surface area (Å²) in [6.45, 7) is 2.31. The Morgan fingerprint density at radius 1 is 1.05 bits per heavy atom. The Hall–Kier alpha value is -2.17. The molecule has 110 valence electrons. The van der Waals surface area contributed by atoms with Crippen LogP contribution in [-0.2, 0) is 14.4 Å². The summed E-state index contributed by atoms with van der Waals surface area (Å²) in [4.78, 5) is 35.4. The molecule has 2 aliphatic rings. The van der Waals surface area contributed by atoms with Gasteiger partial charge in [0.05, 0.1) is 0 Å². The van der Waals surface area contributed by atoms with Crippen LogP contribution in [0.5, 0.6) is 11.5 Å². The molecule has 1 aliphatic heterocycles. The Kier molecular flexibility index (Phi) is 3.49. The van der Waals surface area contributed by atoms with Gasteiger partial charge in [0.1, 0.15) is 24.9 Å². The fourth-order valence-electron chi connectivity index (χ4n) is 2.98. The third-order valence-corrected chi connectivity index (χ3v) is 3.98. The number of hydrogen-bond donors (Lipinski definition) is 0. The first-order valence-electron chi connectivity index (χ1n) is 7.01. The molecule has 5 nitrogen and oxygen atoms in total. The molecule has 0 saturated heterocycles. The van der Waals surface area contributed by atoms with E-state index < -0.39 is 5.92 Å². The Balaban J connectivity index is 1.84. The van der Waals surface area contributed by atoms with Crippen molar-refractivity contribution in [3.05, 3.63) is 23.8 Å². The molecular weight excluding hydrogens is 272 g/mol. The van der Waals surface area contributed by atoms with Gasteiger partial charge in [-0.15, -0.1) is 0 Å². The molecule has 0 amide bonds. The smallest absolute Gasteiger partial charge is 0.161 e. The maximum Gasteiger partial charge on any atom is 0.161 e. The van der Waals surface area contributed by atoms with Gasteiger partial charge in [0.15, 0.2) is 23.1 Å². The van der Waals surface area contributed by atoms with E-state index in [1.807, 2.05) is 12.1 Å². The highest BCUT2D eigenvalue weighted by molar-refractivity contribution is 6.20. The van der Waals surface area contributed by atoms with Gasteiger partial charge in [-0.2, -0.15) is 0 Å². The first-order chi connectivity index (χ1) is 10.1. The fraction of sp³-hybridized carbons (Fsp3) is 0.438. The molecule has 1 heterocycles. The average molecular weight is 288 g/mol. The van der Waals surface area contributed by atoms with Crippen molar-refractivity contribution < 1.29 is 23.9 Å². The molecule has 3 rings (SSSR count). The van der Waals surface area contributed by atoms with Crippen molar-refractivity contribution in [2.45, 2.75) is 25.7 Å². The van der Waals surface area contributed by atoms with Gasteiger partial charge in [-0.05, 0) is 30.5 Å². The second-order valence-electron chi connectivity index (χ2n) is 5.48. The molecule has 1 aromatic carbocycles. The van der Waals surface area contributed by atoms with E-state index >= 15 is 0 Å². The van der Waals surface area contributed by atoms with Crippen molar-refractivity contribution in [2.24, 2.45) is 5.92 Å². The number of hydrogen-bond acceptors (Lipinski definition) is 5. The summed E-state index contributed by atoms with van der Waals surface area (Å²) < 4.78 is 11.0. The van der Waals surface area contributed by atoms with E-state index in [-0.39, 0.29) is 36.1 Å². The van der Waals surface area contributed by atoms with Crippen LogP contribution >= 0.6 is 0 Å². The number of carbonyl (C=O) groups is 3. The number of rotatable bonds is 2. The topological polar surface area (TPSA) is 69.7 Å². The van der Waals surface area contributed by atoms with Crippen molar-refractivity contribution >= 4 is 17.3 Å². The van der Waals surface area contributed by atoms with Gasteiger partial charge >= 0.3 is 0 Å². The lowest BCUT2D eigenvalue weighted by Crippen LogP contribution is -2.36. The van der Waals surface area contributed by atoms with Gasteiger partial charge in [-0.1, -0.05) is 6.07 Å². The first-order valence-corrected chi connectivity index (χ1v) is 7.01. The summed E-state index contributed by atoms with van der Waals surface area (Å²) in [5, 5.41) is 0. The van der Waals surface area contributed by atoms with E-state index in [9.17, 15) is 14.4 Å². The van der Waals surface area contributed by atoms with Crippen LogP contribution in [0.15, 0.2) is 18.2 Å². The number of ketones is 3. The molecule has 0 unspecified atom stereocenters. The Morgan fingerprint density at radius 2 is 1.67 bits per heavy atom. The minimum Gasteiger partial charge on any atom is -0.486 e. The predicted octanol–water partition coefficient (Wildman–Crippen LogP) is 1.68. The fourth-order valence-corrected chi connectivity index (χ4v) is 2.98. The molecule has 0 atom stereocenters. The third kappa shape index (κ3) is 2.55. The minimum atomic E-state index is -1.06. The van der Waals surface area contributed by atoms with Crippen LogP contribution in [0.1, 0.15) is 31.2 Å². The third-order valence-electron chi connectivity index (χ3n) is 3.98. The summed E-state index contributed by atoms with van der Waals surface area (Å²) in [7, 11) is 0. The summed E-state index contributed by atoms with van der Waals surface area (Å²) in [6, 6.07) is 5.48. The molecule has 0 aromatic heterocycles. The quantitative estimate of drug-likeness (QED) is 0.774. The van der Waals surface area contributed by atoms with Crippen LogP contribution in [0.3, 0.4) is 0 Å². The van der Waals surface area contributed by atoms with E-state index in [0.29, 0.717) is 24.7 Å². The predicted molar refractivity (Wildman–Crippen MR) is 73.6 cm³/mol. The van der Waals surface area contributed by atoms with E-state index in [1.54, 1.807) is 6.07 Å². The van der Waals surface area contributed by atoms with Gasteiger partial charge in [-0.3, -0.25) is 14.4 Å². The zero-order valence-electron chi connectivity index (χ0n) is 11.8. The lowest BCUT2D eigenvalue weighted by molar-refractivity contribution is -0.141. The summed E-state index contributed by atoms with van der Waals surface area (Å²) in [5.41, 5.74) is 0.878. The summed E-state index contributed by atoms with van der Waals surface area (Å²) in [5.74, 6) is -0.829. The van der Waals surface area contributed by atoms with Gasteiger partial charge in [0, 0.05) is 12.8 Å². The van der Waals surface area contributed by atoms with Crippen molar-refractivity contribution in [2.75, 3.05) is 13.2 Å².